The van der Waals surface area contributed by atoms with Gasteiger partial charge in [-0.3, -0.25) is 4.72 Å². The molecule has 2 rings (SSSR count). The van der Waals surface area contributed by atoms with Crippen LogP contribution in [0.2, 0.25) is 10.0 Å². The number of hydrogen-bond donors (Lipinski definition) is 2. The molecule has 0 fully saturated rings. The average Bonchev–Trinajstić information content (AvgIpc) is 2.33. The number of nitrogens with one attached hydrogen (secondary N) is 1. The first kappa shape index (κ1) is 14.0. The number of sulfonamides is 1. The summed E-state index contributed by atoms with van der Waals surface area (Å²) in [4.78, 5) is -0.000578. The van der Waals surface area contributed by atoms with E-state index in [0.29, 0.717) is 10.0 Å². The fourth-order valence-electron chi connectivity index (χ4n) is 1.43. The Morgan fingerprint density at radius 2 is 1.68 bits per heavy atom. The van der Waals surface area contributed by atoms with Crippen LogP contribution in [-0.4, -0.2) is 13.5 Å². The molecular formula is C12H9Cl2NO3S. The van der Waals surface area contributed by atoms with Crippen molar-refractivity contribution in [3.8, 4) is 5.75 Å². The van der Waals surface area contributed by atoms with E-state index in [2.05, 4.69) is 4.72 Å². The Bertz CT molecular complexity index is 717. The lowest BCUT2D eigenvalue weighted by atomic mass is 10.3. The van der Waals surface area contributed by atoms with Crippen LogP contribution in [0.1, 0.15) is 0 Å². The maximum absolute atomic E-state index is 12.1. The lowest BCUT2D eigenvalue weighted by Crippen LogP contribution is -2.13. The molecule has 0 radical (unpaired) electrons. The highest BCUT2D eigenvalue weighted by molar-refractivity contribution is 7.92. The summed E-state index contributed by atoms with van der Waals surface area (Å²) in [6, 6.07) is 9.87. The summed E-state index contributed by atoms with van der Waals surface area (Å²) in [6.07, 6.45) is 0. The molecule has 2 N–H and O–H groups in total. The minimum atomic E-state index is -3.83. The summed E-state index contributed by atoms with van der Waals surface area (Å²) in [5.41, 5.74) is 0.00692. The van der Waals surface area contributed by atoms with Gasteiger partial charge in [0.1, 0.15) is 5.75 Å². The molecule has 100 valence electrons. The van der Waals surface area contributed by atoms with Crippen LogP contribution < -0.4 is 4.72 Å². The van der Waals surface area contributed by atoms with Gasteiger partial charge in [-0.15, -0.1) is 0 Å². The van der Waals surface area contributed by atoms with Crippen molar-refractivity contribution >= 4 is 38.9 Å². The zero-order valence-corrected chi connectivity index (χ0v) is 11.8. The van der Waals surface area contributed by atoms with Crippen LogP contribution in [0, 0.1) is 0 Å². The Morgan fingerprint density at radius 1 is 1.00 bits per heavy atom. The topological polar surface area (TPSA) is 66.4 Å². The van der Waals surface area contributed by atoms with Crippen LogP contribution >= 0.6 is 23.2 Å². The molecule has 0 heterocycles. The molecule has 0 saturated carbocycles. The third-order valence-corrected chi connectivity index (χ3v) is 4.14. The molecular weight excluding hydrogens is 309 g/mol. The van der Waals surface area contributed by atoms with E-state index in [4.69, 9.17) is 23.2 Å². The quantitative estimate of drug-likeness (QED) is 0.851. The zero-order valence-electron chi connectivity index (χ0n) is 9.47. The Hall–Kier alpha value is -1.43. The summed E-state index contributed by atoms with van der Waals surface area (Å²) in [5.74, 6) is -0.213. The Morgan fingerprint density at radius 3 is 2.37 bits per heavy atom. The van der Waals surface area contributed by atoms with Gasteiger partial charge in [-0.1, -0.05) is 29.3 Å². The summed E-state index contributed by atoms with van der Waals surface area (Å²) in [7, 11) is -3.83. The third-order valence-electron chi connectivity index (χ3n) is 2.31. The van der Waals surface area contributed by atoms with Crippen LogP contribution in [0.5, 0.6) is 5.75 Å². The van der Waals surface area contributed by atoms with Crippen molar-refractivity contribution in [2.24, 2.45) is 0 Å². The number of phenolic OH excluding ortho intramolecular Hbond substituents is 1. The van der Waals surface area contributed by atoms with E-state index in [1.807, 2.05) is 0 Å². The molecule has 0 aliphatic rings. The minimum Gasteiger partial charge on any atom is -0.506 e. The lowest BCUT2D eigenvalue weighted by molar-refractivity contribution is 0.477. The number of hydrogen-bond acceptors (Lipinski definition) is 3. The van der Waals surface area contributed by atoms with Crippen molar-refractivity contribution in [3.63, 3.8) is 0 Å². The number of rotatable bonds is 3. The van der Waals surface area contributed by atoms with Gasteiger partial charge in [-0.25, -0.2) is 8.42 Å². The molecule has 7 heteroatoms. The lowest BCUT2D eigenvalue weighted by Gasteiger charge is -2.10. The maximum Gasteiger partial charge on any atom is 0.262 e. The molecule has 0 spiro atoms. The van der Waals surface area contributed by atoms with Crippen LogP contribution in [0.4, 0.5) is 5.69 Å². The normalized spacial score (nSPS) is 11.3. The molecule has 0 aliphatic heterocycles. The number of aromatic hydroxyl groups is 1. The number of benzene rings is 2. The van der Waals surface area contributed by atoms with Gasteiger partial charge in [0.15, 0.2) is 0 Å². The molecule has 2 aromatic rings. The van der Waals surface area contributed by atoms with E-state index in [1.165, 1.54) is 36.4 Å². The van der Waals surface area contributed by atoms with E-state index in [9.17, 15) is 13.5 Å². The molecule has 0 aliphatic carbocycles. The number of anilines is 1. The molecule has 19 heavy (non-hydrogen) atoms. The molecule has 2 aromatic carbocycles. The van der Waals surface area contributed by atoms with Crippen LogP contribution in [0.3, 0.4) is 0 Å². The van der Waals surface area contributed by atoms with Gasteiger partial charge >= 0.3 is 0 Å². The van der Waals surface area contributed by atoms with Crippen LogP contribution in [0.15, 0.2) is 47.4 Å². The van der Waals surface area contributed by atoms with Crippen molar-refractivity contribution in [2.45, 2.75) is 4.90 Å². The van der Waals surface area contributed by atoms with E-state index in [-0.39, 0.29) is 16.3 Å². The van der Waals surface area contributed by atoms with Gasteiger partial charge in [0.05, 0.1) is 10.6 Å². The van der Waals surface area contributed by atoms with Gasteiger partial charge < -0.3 is 5.11 Å². The van der Waals surface area contributed by atoms with Gasteiger partial charge in [-0.05, 0) is 36.4 Å². The Kier molecular flexibility index (Phi) is 3.89. The highest BCUT2D eigenvalue weighted by atomic mass is 35.5. The monoisotopic (exact) mass is 317 g/mol. The molecule has 4 nitrogen and oxygen atoms in total. The molecule has 0 unspecified atom stereocenters. The largest absolute Gasteiger partial charge is 0.506 e. The SMILES string of the molecule is O=S(=O)(Nc1cc(Cl)ccc1O)c1cccc(Cl)c1. The van der Waals surface area contributed by atoms with Crippen LogP contribution in [-0.2, 0) is 10.0 Å². The molecule has 0 aromatic heterocycles. The van der Waals surface area contributed by atoms with Gasteiger partial charge in [0.25, 0.3) is 10.0 Å². The second-order valence-electron chi connectivity index (χ2n) is 3.72. The average molecular weight is 318 g/mol. The van der Waals surface area contributed by atoms with Crippen molar-refractivity contribution in [3.05, 3.63) is 52.5 Å². The Labute approximate surface area is 120 Å². The van der Waals surface area contributed by atoms with E-state index in [1.54, 1.807) is 6.07 Å². The predicted molar refractivity (Wildman–Crippen MR) is 75.4 cm³/mol. The molecule has 0 bridgehead atoms. The summed E-state index contributed by atoms with van der Waals surface area (Å²) in [6.45, 7) is 0. The number of halogens is 2. The second-order valence-corrected chi connectivity index (χ2v) is 6.28. The predicted octanol–water partition coefficient (Wildman–Crippen LogP) is 3.50. The first-order valence-corrected chi connectivity index (χ1v) is 7.39. The molecule has 0 atom stereocenters. The first-order chi connectivity index (χ1) is 8.88. The Balaban J connectivity index is 2.39. The standard InChI is InChI=1S/C12H9Cl2NO3S/c13-8-2-1-3-10(6-8)19(17,18)15-11-7-9(14)4-5-12(11)16/h1-7,15-16H. The van der Waals surface area contributed by atoms with Crippen molar-refractivity contribution in [1.29, 1.82) is 0 Å². The smallest absolute Gasteiger partial charge is 0.262 e. The first-order valence-electron chi connectivity index (χ1n) is 5.15. The van der Waals surface area contributed by atoms with Gasteiger partial charge in [-0.2, -0.15) is 0 Å². The van der Waals surface area contributed by atoms with Gasteiger partial charge in [0, 0.05) is 10.0 Å². The fourth-order valence-corrected chi connectivity index (χ4v) is 2.97. The highest BCUT2D eigenvalue weighted by Gasteiger charge is 2.16. The summed E-state index contributed by atoms with van der Waals surface area (Å²) in [5, 5.41) is 10.2. The summed E-state index contributed by atoms with van der Waals surface area (Å²) < 4.78 is 26.4. The minimum absolute atomic E-state index is 0.000578. The summed E-state index contributed by atoms with van der Waals surface area (Å²) >= 11 is 11.5. The fraction of sp³-hybridized carbons (Fsp3) is 0. The number of phenols is 1. The van der Waals surface area contributed by atoms with Gasteiger partial charge in [0.2, 0.25) is 0 Å². The van der Waals surface area contributed by atoms with Crippen molar-refractivity contribution in [1.82, 2.24) is 0 Å². The zero-order chi connectivity index (χ0) is 14.0. The molecule has 0 amide bonds. The van der Waals surface area contributed by atoms with Crippen molar-refractivity contribution < 1.29 is 13.5 Å². The maximum atomic E-state index is 12.1. The molecule has 0 saturated heterocycles. The van der Waals surface area contributed by atoms with E-state index in [0.717, 1.165) is 0 Å². The van der Waals surface area contributed by atoms with Crippen LogP contribution in [0.25, 0.3) is 0 Å². The van der Waals surface area contributed by atoms with Crippen molar-refractivity contribution in [2.75, 3.05) is 4.72 Å². The second kappa shape index (κ2) is 5.28. The third kappa shape index (κ3) is 3.32. The van der Waals surface area contributed by atoms with E-state index < -0.39 is 10.0 Å². The highest BCUT2D eigenvalue weighted by Crippen LogP contribution is 2.29. The van der Waals surface area contributed by atoms with E-state index >= 15 is 0 Å².